The molecule has 1 saturated carbocycles. The van der Waals surface area contributed by atoms with Crippen molar-refractivity contribution in [2.24, 2.45) is 0 Å². The average Bonchev–Trinajstić information content (AvgIpc) is 3.03. The van der Waals surface area contributed by atoms with Gasteiger partial charge in [-0.3, -0.25) is 9.78 Å². The third-order valence-corrected chi connectivity index (χ3v) is 5.83. The first-order valence-electron chi connectivity index (χ1n) is 10.8. The molecular formula is C22H27F2N5O2. The topological polar surface area (TPSA) is 84.3 Å². The molecule has 0 unspecified atom stereocenters. The number of hydrogen-bond donors (Lipinski definition) is 2. The van der Waals surface area contributed by atoms with Crippen molar-refractivity contribution in [2.45, 2.75) is 50.9 Å². The van der Waals surface area contributed by atoms with Crippen molar-refractivity contribution in [1.29, 1.82) is 0 Å². The minimum absolute atomic E-state index is 0.0124. The molecule has 7 nitrogen and oxygen atoms in total. The molecule has 4 rings (SSSR count). The van der Waals surface area contributed by atoms with Crippen molar-refractivity contribution in [3.05, 3.63) is 46.1 Å². The van der Waals surface area contributed by atoms with Gasteiger partial charge in [0.25, 0.3) is 5.56 Å². The number of aromatic amines is 1. The third kappa shape index (κ3) is 4.46. The average molecular weight is 431 g/mol. The zero-order valence-corrected chi connectivity index (χ0v) is 17.6. The lowest BCUT2D eigenvalue weighted by Gasteiger charge is -2.20. The van der Waals surface area contributed by atoms with Gasteiger partial charge in [0.15, 0.2) is 0 Å². The smallest absolute Gasteiger partial charge is 0.260 e. The molecule has 31 heavy (non-hydrogen) atoms. The lowest BCUT2D eigenvalue weighted by molar-refractivity contribution is 0.306. The van der Waals surface area contributed by atoms with Gasteiger partial charge >= 0.3 is 0 Å². The van der Waals surface area contributed by atoms with Crippen molar-refractivity contribution in [1.82, 2.24) is 24.9 Å². The van der Waals surface area contributed by atoms with E-state index in [1.54, 1.807) is 0 Å². The number of benzene rings is 1. The Balaban J connectivity index is 1.81. The van der Waals surface area contributed by atoms with Crippen molar-refractivity contribution >= 4 is 5.78 Å². The molecule has 3 aromatic rings. The monoisotopic (exact) mass is 431 g/mol. The number of H-pyrrole nitrogens is 1. The molecule has 2 aromatic heterocycles. The summed E-state index contributed by atoms with van der Waals surface area (Å²) in [4.78, 5) is 19.7. The predicted molar refractivity (Wildman–Crippen MR) is 113 cm³/mol. The summed E-state index contributed by atoms with van der Waals surface area (Å²) in [5.41, 5.74) is -0.402. The van der Waals surface area contributed by atoms with E-state index in [1.165, 1.54) is 10.8 Å². The molecule has 0 radical (unpaired) electrons. The number of halogens is 2. The summed E-state index contributed by atoms with van der Waals surface area (Å²) < 4.78 is 37.3. The van der Waals surface area contributed by atoms with Gasteiger partial charge in [-0.2, -0.15) is 10.1 Å². The van der Waals surface area contributed by atoms with Gasteiger partial charge in [-0.1, -0.05) is 25.7 Å². The van der Waals surface area contributed by atoms with Crippen LogP contribution in [0.15, 0.2) is 23.3 Å². The predicted octanol–water partition coefficient (Wildman–Crippen LogP) is 3.79. The van der Waals surface area contributed by atoms with Crippen LogP contribution in [0.4, 0.5) is 8.78 Å². The Morgan fingerprint density at radius 1 is 1.16 bits per heavy atom. The zero-order chi connectivity index (χ0) is 21.8. The number of fused-ring (bicyclic) bond motifs is 1. The third-order valence-electron chi connectivity index (χ3n) is 5.83. The van der Waals surface area contributed by atoms with Gasteiger partial charge in [0.1, 0.15) is 23.7 Å². The first-order chi connectivity index (χ1) is 15.1. The molecule has 1 fully saturated rings. The van der Waals surface area contributed by atoms with E-state index in [9.17, 15) is 4.79 Å². The van der Waals surface area contributed by atoms with Gasteiger partial charge < -0.3 is 10.1 Å². The van der Waals surface area contributed by atoms with Crippen LogP contribution in [0.3, 0.4) is 0 Å². The fourth-order valence-corrected chi connectivity index (χ4v) is 4.37. The van der Waals surface area contributed by atoms with Crippen LogP contribution >= 0.6 is 0 Å². The molecule has 1 aromatic carbocycles. The number of nitrogens with one attached hydrogen (secondary N) is 2. The Hall–Kier alpha value is -2.81. The molecule has 0 bridgehead atoms. The first kappa shape index (κ1) is 21.4. The second-order valence-electron chi connectivity index (χ2n) is 7.97. The highest BCUT2D eigenvalue weighted by atomic mass is 19.1. The number of hydrogen-bond acceptors (Lipinski definition) is 5. The fourth-order valence-electron chi connectivity index (χ4n) is 4.37. The summed E-state index contributed by atoms with van der Waals surface area (Å²) in [6, 6.07) is 2.28. The van der Waals surface area contributed by atoms with Crippen molar-refractivity contribution in [3.63, 3.8) is 0 Å². The molecule has 0 atom stereocenters. The van der Waals surface area contributed by atoms with E-state index in [1.807, 2.05) is 7.05 Å². The first-order valence-corrected chi connectivity index (χ1v) is 10.8. The maximum absolute atomic E-state index is 15.2. The highest BCUT2D eigenvalue weighted by Crippen LogP contribution is 2.38. The SMILES string of the molecule is CNCCCOc1cc(F)c(-c2c(C3CCCCCC3)n3ncnc3[nH]c2=O)c(F)c1. The molecule has 2 heterocycles. The largest absolute Gasteiger partial charge is 0.493 e. The van der Waals surface area contributed by atoms with Crippen molar-refractivity contribution in [2.75, 3.05) is 20.2 Å². The lowest BCUT2D eigenvalue weighted by Crippen LogP contribution is -2.21. The quantitative estimate of drug-likeness (QED) is 0.439. The van der Waals surface area contributed by atoms with Crippen LogP contribution in [-0.2, 0) is 0 Å². The van der Waals surface area contributed by atoms with E-state index in [0.29, 0.717) is 18.7 Å². The van der Waals surface area contributed by atoms with Gasteiger partial charge in [-0.15, -0.1) is 0 Å². The summed E-state index contributed by atoms with van der Waals surface area (Å²) in [5.74, 6) is -1.31. The lowest BCUT2D eigenvalue weighted by atomic mass is 9.90. The molecule has 0 aliphatic heterocycles. The minimum Gasteiger partial charge on any atom is -0.493 e. The van der Waals surface area contributed by atoms with Gasteiger partial charge in [0, 0.05) is 18.1 Å². The Labute approximate surface area is 178 Å². The van der Waals surface area contributed by atoms with Crippen LogP contribution in [0.2, 0.25) is 0 Å². The molecule has 0 spiro atoms. The van der Waals surface area contributed by atoms with E-state index in [4.69, 9.17) is 4.74 Å². The van der Waals surface area contributed by atoms with E-state index in [0.717, 1.165) is 57.2 Å². The second kappa shape index (κ2) is 9.55. The van der Waals surface area contributed by atoms with Gasteiger partial charge in [-0.05, 0) is 32.9 Å². The molecule has 1 aliphatic rings. The molecule has 0 saturated heterocycles. The Bertz CT molecular complexity index is 1080. The summed E-state index contributed by atoms with van der Waals surface area (Å²) in [6.07, 6.45) is 7.92. The molecule has 1 aliphatic carbocycles. The van der Waals surface area contributed by atoms with Crippen LogP contribution in [-0.4, -0.2) is 39.8 Å². The van der Waals surface area contributed by atoms with E-state index >= 15 is 8.78 Å². The molecule has 0 amide bonds. The van der Waals surface area contributed by atoms with Gasteiger partial charge in [-0.25, -0.2) is 13.3 Å². The summed E-state index contributed by atoms with van der Waals surface area (Å²) in [6.45, 7) is 1.07. The van der Waals surface area contributed by atoms with E-state index in [2.05, 4.69) is 20.4 Å². The van der Waals surface area contributed by atoms with Crippen LogP contribution in [0.5, 0.6) is 5.75 Å². The van der Waals surface area contributed by atoms with Crippen LogP contribution in [0.25, 0.3) is 16.9 Å². The number of aromatic nitrogens is 4. The molecule has 2 N–H and O–H groups in total. The Kier molecular flexibility index (Phi) is 6.60. The molecule has 166 valence electrons. The van der Waals surface area contributed by atoms with Crippen LogP contribution < -0.4 is 15.6 Å². The van der Waals surface area contributed by atoms with Crippen molar-refractivity contribution < 1.29 is 13.5 Å². The highest BCUT2D eigenvalue weighted by molar-refractivity contribution is 5.69. The maximum Gasteiger partial charge on any atom is 0.260 e. The zero-order valence-electron chi connectivity index (χ0n) is 17.6. The van der Waals surface area contributed by atoms with Crippen LogP contribution in [0, 0.1) is 11.6 Å². The van der Waals surface area contributed by atoms with Gasteiger partial charge in [0.05, 0.1) is 23.4 Å². The number of nitrogens with zero attached hydrogens (tertiary/aromatic N) is 3. The van der Waals surface area contributed by atoms with Crippen molar-refractivity contribution in [3.8, 4) is 16.9 Å². The van der Waals surface area contributed by atoms with Gasteiger partial charge in [0.2, 0.25) is 5.78 Å². The Morgan fingerprint density at radius 2 is 1.87 bits per heavy atom. The fraction of sp³-hybridized carbons (Fsp3) is 0.500. The summed E-state index contributed by atoms with van der Waals surface area (Å²) in [7, 11) is 1.82. The highest BCUT2D eigenvalue weighted by Gasteiger charge is 2.28. The minimum atomic E-state index is -0.830. The summed E-state index contributed by atoms with van der Waals surface area (Å²) >= 11 is 0. The number of ether oxygens (including phenoxy) is 1. The van der Waals surface area contributed by atoms with E-state index in [-0.39, 0.29) is 28.6 Å². The normalized spacial score (nSPS) is 15.3. The molecular weight excluding hydrogens is 404 g/mol. The number of rotatable bonds is 7. The van der Waals surface area contributed by atoms with Crippen LogP contribution in [0.1, 0.15) is 56.6 Å². The summed E-state index contributed by atoms with van der Waals surface area (Å²) in [5, 5.41) is 7.23. The van der Waals surface area contributed by atoms with E-state index < -0.39 is 17.2 Å². The second-order valence-corrected chi connectivity index (χ2v) is 7.97. The Morgan fingerprint density at radius 3 is 2.55 bits per heavy atom. The standard InChI is InChI=1S/C22H27F2N5O2/c1-25-9-6-10-31-15-11-16(23)18(17(24)12-15)19-20(14-7-4-2-3-5-8-14)29-22(26-13-27-29)28-21(19)30/h11-14,25H,2-10H2,1H3,(H,26,27,28,30). The molecule has 9 heteroatoms. The maximum atomic E-state index is 15.2.